The molecule has 1 fully saturated rings. The highest BCUT2D eigenvalue weighted by Gasteiger charge is 2.56. The Labute approximate surface area is 228 Å². The van der Waals surface area contributed by atoms with Crippen molar-refractivity contribution in [3.8, 4) is 0 Å². The molecule has 6 atom stereocenters. The fourth-order valence-corrected chi connectivity index (χ4v) is 6.55. The molecule has 1 unspecified atom stereocenters. The molecule has 0 bridgehead atoms. The monoisotopic (exact) mass is 533 g/mol. The second kappa shape index (κ2) is 10.2. The van der Waals surface area contributed by atoms with Gasteiger partial charge in [0.15, 0.2) is 6.10 Å². The van der Waals surface area contributed by atoms with Crippen LogP contribution in [0.1, 0.15) is 62.0 Å². The number of hydrogen-bond acceptors (Lipinski definition) is 7. The number of cyclic esters (lactones) is 1. The number of ether oxygens (including phenoxy) is 2. The molecule has 39 heavy (non-hydrogen) atoms. The molecule has 2 aromatic carbocycles. The van der Waals surface area contributed by atoms with E-state index in [4.69, 9.17) is 9.47 Å². The molecular weight excluding hydrogens is 498 g/mol. The van der Waals surface area contributed by atoms with Crippen molar-refractivity contribution in [1.29, 1.82) is 0 Å². The highest BCUT2D eigenvalue weighted by atomic mass is 16.6. The van der Waals surface area contributed by atoms with E-state index >= 15 is 0 Å². The van der Waals surface area contributed by atoms with Gasteiger partial charge in [-0.3, -0.25) is 4.79 Å². The fourth-order valence-electron chi connectivity index (χ4n) is 6.55. The van der Waals surface area contributed by atoms with Crippen molar-refractivity contribution >= 4 is 17.8 Å². The van der Waals surface area contributed by atoms with Crippen LogP contribution in [-0.4, -0.2) is 52.5 Å². The molecule has 0 spiro atoms. The molecule has 1 heterocycles. The summed E-state index contributed by atoms with van der Waals surface area (Å²) in [6.45, 7) is 5.93. The summed E-state index contributed by atoms with van der Waals surface area (Å²) >= 11 is 0. The summed E-state index contributed by atoms with van der Waals surface area (Å²) in [5, 5.41) is 25.5. The van der Waals surface area contributed by atoms with Crippen LogP contribution in [0.2, 0.25) is 0 Å². The number of carbonyl (C=O) groups excluding carboxylic acids is 3. The average molecular weight is 534 g/mol. The molecule has 1 aliphatic heterocycles. The van der Waals surface area contributed by atoms with Crippen LogP contribution in [0.25, 0.3) is 0 Å². The van der Waals surface area contributed by atoms with E-state index in [0.717, 1.165) is 0 Å². The number of hydrogen-bond donors (Lipinski definition) is 3. The molecule has 0 radical (unpaired) electrons. The van der Waals surface area contributed by atoms with E-state index in [1.165, 1.54) is 0 Å². The standard InChI is InChI=1S/C31H35NO7/c1-30(2)14-21-23(16-30)31(3,37)15-20-22(17-38-28(20)35)26(21)39-29(36)25(33)24(18-10-6-4-7-11-18)32-27(34)19-12-8-5-9-13-19/h4-13,21,23-26,33,37H,14-17H2,1-3H3,(H,32,34)/t21-,23+,24+,25-,26?,31+/m1/s1. The molecule has 8 heteroatoms. The maximum atomic E-state index is 13.6. The largest absolute Gasteiger partial charge is 0.458 e. The first-order valence-corrected chi connectivity index (χ1v) is 13.4. The van der Waals surface area contributed by atoms with Crippen molar-refractivity contribution in [2.24, 2.45) is 17.3 Å². The molecule has 3 N–H and O–H groups in total. The summed E-state index contributed by atoms with van der Waals surface area (Å²) in [5.41, 5.74) is 0.525. The topological polar surface area (TPSA) is 122 Å². The second-order valence-corrected chi connectivity index (χ2v) is 12.0. The van der Waals surface area contributed by atoms with E-state index in [1.807, 2.05) is 0 Å². The number of amides is 1. The van der Waals surface area contributed by atoms with Gasteiger partial charge in [0.2, 0.25) is 0 Å². The van der Waals surface area contributed by atoms with Gasteiger partial charge < -0.3 is 25.0 Å². The Morgan fingerprint density at radius 1 is 1.03 bits per heavy atom. The van der Waals surface area contributed by atoms with Gasteiger partial charge in [0.05, 0.1) is 11.6 Å². The minimum Gasteiger partial charge on any atom is -0.458 e. The molecule has 2 aliphatic carbocycles. The number of carbonyl (C=O) groups is 3. The highest BCUT2D eigenvalue weighted by Crippen LogP contribution is 2.56. The first kappa shape index (κ1) is 27.1. The first-order valence-electron chi connectivity index (χ1n) is 13.4. The predicted molar refractivity (Wildman–Crippen MR) is 142 cm³/mol. The average Bonchev–Trinajstić information content (AvgIpc) is 3.42. The molecule has 2 aromatic rings. The first-order chi connectivity index (χ1) is 18.5. The van der Waals surface area contributed by atoms with Crippen LogP contribution in [0.15, 0.2) is 71.8 Å². The van der Waals surface area contributed by atoms with E-state index < -0.39 is 41.7 Å². The molecule has 1 saturated carbocycles. The van der Waals surface area contributed by atoms with Crippen LogP contribution in [-0.2, 0) is 19.1 Å². The molecule has 0 aromatic heterocycles. The minimum absolute atomic E-state index is 0.0191. The van der Waals surface area contributed by atoms with Crippen LogP contribution in [0, 0.1) is 17.3 Å². The maximum Gasteiger partial charge on any atom is 0.338 e. The quantitative estimate of drug-likeness (QED) is 0.486. The van der Waals surface area contributed by atoms with E-state index in [0.29, 0.717) is 35.1 Å². The number of aliphatic hydroxyl groups excluding tert-OH is 1. The molecule has 5 rings (SSSR count). The van der Waals surface area contributed by atoms with Crippen LogP contribution in [0.4, 0.5) is 0 Å². The SMILES string of the molecule is CC1(C)C[C@H]2C(OC(=O)[C@H](O)[C@@H](NC(=O)c3ccccc3)c3ccccc3)C3=C(C[C@](C)(O)[C@H]2C1)C(=O)OC3. The Morgan fingerprint density at radius 2 is 1.67 bits per heavy atom. The molecule has 206 valence electrons. The van der Waals surface area contributed by atoms with Crippen molar-refractivity contribution in [1.82, 2.24) is 5.32 Å². The molecule has 8 nitrogen and oxygen atoms in total. The molecule has 1 amide bonds. The third-order valence-electron chi connectivity index (χ3n) is 8.42. The van der Waals surface area contributed by atoms with Crippen molar-refractivity contribution < 1.29 is 34.1 Å². The summed E-state index contributed by atoms with van der Waals surface area (Å²) < 4.78 is 11.3. The lowest BCUT2D eigenvalue weighted by Crippen LogP contribution is -2.45. The number of benzene rings is 2. The summed E-state index contributed by atoms with van der Waals surface area (Å²) in [5.74, 6) is -2.35. The number of fused-ring (bicyclic) bond motifs is 1. The lowest BCUT2D eigenvalue weighted by molar-refractivity contribution is -0.163. The van der Waals surface area contributed by atoms with Crippen molar-refractivity contribution in [2.75, 3.05) is 6.61 Å². The van der Waals surface area contributed by atoms with Crippen LogP contribution in [0.3, 0.4) is 0 Å². The highest BCUT2D eigenvalue weighted by molar-refractivity contribution is 5.95. The summed E-state index contributed by atoms with van der Waals surface area (Å²) in [4.78, 5) is 39.2. The zero-order valence-corrected chi connectivity index (χ0v) is 22.4. The fraction of sp³-hybridized carbons (Fsp3) is 0.452. The van der Waals surface area contributed by atoms with Gasteiger partial charge in [-0.05, 0) is 48.8 Å². The lowest BCUT2D eigenvalue weighted by atomic mass is 9.78. The van der Waals surface area contributed by atoms with Gasteiger partial charge in [0.1, 0.15) is 12.7 Å². The normalized spacial score (nSPS) is 28.9. The Morgan fingerprint density at radius 3 is 2.33 bits per heavy atom. The summed E-state index contributed by atoms with van der Waals surface area (Å²) in [6.07, 6.45) is -1.07. The predicted octanol–water partition coefficient (Wildman–Crippen LogP) is 3.49. The van der Waals surface area contributed by atoms with Gasteiger partial charge in [-0.25, -0.2) is 9.59 Å². The van der Waals surface area contributed by atoms with Gasteiger partial charge in [-0.2, -0.15) is 0 Å². The van der Waals surface area contributed by atoms with Crippen molar-refractivity contribution in [2.45, 2.75) is 63.9 Å². The van der Waals surface area contributed by atoms with Gasteiger partial charge >= 0.3 is 11.9 Å². The van der Waals surface area contributed by atoms with Crippen molar-refractivity contribution in [3.63, 3.8) is 0 Å². The Hall–Kier alpha value is -3.49. The number of nitrogens with one attached hydrogen (secondary N) is 1. The maximum absolute atomic E-state index is 13.6. The third kappa shape index (κ3) is 5.36. The lowest BCUT2D eigenvalue weighted by Gasteiger charge is -2.35. The molecule has 0 saturated heterocycles. The second-order valence-electron chi connectivity index (χ2n) is 12.0. The van der Waals surface area contributed by atoms with E-state index in [1.54, 1.807) is 67.6 Å². The van der Waals surface area contributed by atoms with Crippen LogP contribution in [0.5, 0.6) is 0 Å². The molecular formula is C31H35NO7. The number of rotatable bonds is 6. The zero-order chi connectivity index (χ0) is 27.9. The Balaban J connectivity index is 1.45. The van der Waals surface area contributed by atoms with Crippen molar-refractivity contribution in [3.05, 3.63) is 82.9 Å². The Kier molecular flexibility index (Phi) is 7.11. The van der Waals surface area contributed by atoms with Crippen LogP contribution < -0.4 is 5.32 Å². The molecule has 3 aliphatic rings. The van der Waals surface area contributed by atoms with Gasteiger partial charge in [-0.1, -0.05) is 62.4 Å². The van der Waals surface area contributed by atoms with Crippen LogP contribution >= 0.6 is 0 Å². The van der Waals surface area contributed by atoms with E-state index in [9.17, 15) is 24.6 Å². The summed E-state index contributed by atoms with van der Waals surface area (Å²) in [7, 11) is 0. The van der Waals surface area contributed by atoms with E-state index in [-0.39, 0.29) is 30.3 Å². The minimum atomic E-state index is -1.72. The Bertz CT molecular complexity index is 1280. The summed E-state index contributed by atoms with van der Waals surface area (Å²) in [6, 6.07) is 16.2. The van der Waals surface area contributed by atoms with Gasteiger partial charge in [-0.15, -0.1) is 0 Å². The number of esters is 2. The number of aliphatic hydroxyl groups is 2. The van der Waals surface area contributed by atoms with E-state index in [2.05, 4.69) is 19.2 Å². The smallest absolute Gasteiger partial charge is 0.338 e. The van der Waals surface area contributed by atoms with Gasteiger partial charge in [0.25, 0.3) is 5.91 Å². The third-order valence-corrected chi connectivity index (χ3v) is 8.42. The van der Waals surface area contributed by atoms with Gasteiger partial charge in [0, 0.05) is 29.0 Å². The zero-order valence-electron chi connectivity index (χ0n) is 22.4.